The monoisotopic (exact) mass is 648 g/mol. The van der Waals surface area contributed by atoms with Crippen LogP contribution in [0.5, 0.6) is 0 Å². The first-order valence-corrected chi connectivity index (χ1v) is 17.9. The highest BCUT2D eigenvalue weighted by Crippen LogP contribution is 2.30. The first-order valence-electron chi connectivity index (χ1n) is 15.6. The number of unbranched alkanes of at least 4 members (excludes halogenated alkanes) is 12. The van der Waals surface area contributed by atoms with Gasteiger partial charge in [-0.1, -0.05) is 88.2 Å². The molecule has 0 aliphatic heterocycles. The van der Waals surface area contributed by atoms with Crippen LogP contribution in [0.1, 0.15) is 130 Å². The number of allylic oxidation sites excluding steroid dienone is 2. The molecule has 0 saturated heterocycles. The van der Waals surface area contributed by atoms with Crippen LogP contribution in [0.15, 0.2) is 34.6 Å². The van der Waals surface area contributed by atoms with Crippen LogP contribution in [0.3, 0.4) is 0 Å². The van der Waals surface area contributed by atoms with E-state index in [1.165, 1.54) is 89.8 Å². The van der Waals surface area contributed by atoms with Crippen LogP contribution in [0.2, 0.25) is 0 Å². The van der Waals surface area contributed by atoms with E-state index in [1.54, 1.807) is 0 Å². The lowest BCUT2D eigenvalue weighted by Gasteiger charge is -2.12. The maximum atomic E-state index is 13.1. The van der Waals surface area contributed by atoms with Crippen molar-refractivity contribution < 1.29 is 27.9 Å². The summed E-state index contributed by atoms with van der Waals surface area (Å²) >= 11 is 0.744. The van der Waals surface area contributed by atoms with Crippen molar-refractivity contribution in [1.82, 2.24) is 10.3 Å². The minimum atomic E-state index is -4.25. The summed E-state index contributed by atoms with van der Waals surface area (Å²) in [6.45, 7) is 5.45. The number of hydrogen-bond donors (Lipinski definition) is 4. The fourth-order valence-electron chi connectivity index (χ4n) is 4.66. The number of nitrogens with zero attached hydrogens (tertiary/aromatic N) is 1. The van der Waals surface area contributed by atoms with Gasteiger partial charge in [-0.05, 0) is 57.2 Å². The third kappa shape index (κ3) is 13.6. The number of hydrogen-bond acceptors (Lipinski definition) is 7. The highest BCUT2D eigenvalue weighted by Gasteiger charge is 2.25. The maximum absolute atomic E-state index is 13.1. The molecule has 2 amide bonds. The van der Waals surface area contributed by atoms with Gasteiger partial charge in [-0.2, -0.15) is 0 Å². The van der Waals surface area contributed by atoms with Gasteiger partial charge < -0.3 is 15.7 Å². The average molecular weight is 649 g/mol. The Labute approximate surface area is 266 Å². The van der Waals surface area contributed by atoms with E-state index in [-0.39, 0.29) is 31.8 Å². The Kier molecular flexibility index (Phi) is 16.7. The fraction of sp³-hybridized carbons (Fsp3) is 0.562. The second-order valence-electron chi connectivity index (χ2n) is 10.9. The molecular weight excluding hydrogens is 601 g/mol. The smallest absolute Gasteiger partial charge is 0.337 e. The number of carboxylic acid groups (broad SMARTS) is 1. The van der Waals surface area contributed by atoms with Gasteiger partial charge in [-0.15, -0.1) is 0 Å². The van der Waals surface area contributed by atoms with E-state index in [1.807, 2.05) is 0 Å². The van der Waals surface area contributed by atoms with Crippen LogP contribution >= 0.6 is 11.3 Å². The first-order chi connectivity index (χ1) is 21.0. The number of amides is 2. The summed E-state index contributed by atoms with van der Waals surface area (Å²) in [6, 6.07) is 3.76. The molecule has 0 atom stereocenters. The summed E-state index contributed by atoms with van der Waals surface area (Å²) in [5.74, 6) is -2.17. The SMILES string of the molecule is CCCCCCCC/C=C\CCCCCCCCNC(=O)c1ccc(C(=O)O)c(NS(=O)(=O)c2sc(NC(C)=O)nc2C)c1. The van der Waals surface area contributed by atoms with Crippen molar-refractivity contribution >= 4 is 50.0 Å². The molecule has 0 spiro atoms. The standard InChI is InChI=1S/C32H48N4O6S2/c1-4-5-6-7-8-9-10-11-12-13-14-15-16-17-18-19-22-33-29(38)26-20-21-27(30(39)40)28(23-26)36-44(41,42)31-24(2)34-32(43-31)35-25(3)37/h11-12,20-21,23,36H,4-10,13-19,22H2,1-3H3,(H,33,38)(H,39,40)(H,34,35,37)/b12-11-. The number of sulfonamides is 1. The number of aryl methyl sites for hydroxylation is 1. The number of carbonyl (C=O) groups is 3. The number of nitrogens with one attached hydrogen (secondary N) is 3. The second-order valence-corrected chi connectivity index (χ2v) is 13.8. The zero-order chi connectivity index (χ0) is 32.4. The van der Waals surface area contributed by atoms with Crippen molar-refractivity contribution in [3.8, 4) is 0 Å². The highest BCUT2D eigenvalue weighted by molar-refractivity contribution is 7.94. The van der Waals surface area contributed by atoms with Gasteiger partial charge >= 0.3 is 5.97 Å². The van der Waals surface area contributed by atoms with Crippen molar-refractivity contribution in [2.75, 3.05) is 16.6 Å². The van der Waals surface area contributed by atoms with E-state index in [0.29, 0.717) is 6.54 Å². The molecule has 0 fully saturated rings. The summed E-state index contributed by atoms with van der Waals surface area (Å²) < 4.78 is 28.3. The van der Waals surface area contributed by atoms with E-state index in [0.717, 1.165) is 43.4 Å². The first kappa shape index (κ1) is 36.9. The zero-order valence-corrected chi connectivity index (χ0v) is 27.9. The molecule has 0 aliphatic carbocycles. The summed E-state index contributed by atoms with van der Waals surface area (Å²) in [5, 5.41) is 15.0. The van der Waals surface area contributed by atoms with Crippen molar-refractivity contribution in [3.05, 3.63) is 47.2 Å². The van der Waals surface area contributed by atoms with Crippen LogP contribution in [-0.2, 0) is 14.8 Å². The molecule has 10 nitrogen and oxygen atoms in total. The summed E-state index contributed by atoms with van der Waals surface area (Å²) in [5.41, 5.74) is -0.260. The van der Waals surface area contributed by atoms with Crippen molar-refractivity contribution in [2.24, 2.45) is 0 Å². The zero-order valence-electron chi connectivity index (χ0n) is 26.2. The summed E-state index contributed by atoms with van der Waals surface area (Å²) in [4.78, 5) is 39.9. The summed E-state index contributed by atoms with van der Waals surface area (Å²) in [6.07, 6.45) is 21.4. The van der Waals surface area contributed by atoms with Gasteiger partial charge in [0.15, 0.2) is 9.34 Å². The number of carbonyl (C=O) groups excluding carboxylic acids is 2. The Morgan fingerprint density at radius 2 is 1.50 bits per heavy atom. The van der Waals surface area contributed by atoms with Gasteiger partial charge in [0.1, 0.15) is 0 Å². The van der Waals surface area contributed by atoms with Crippen LogP contribution in [-0.4, -0.2) is 42.8 Å². The van der Waals surface area contributed by atoms with Crippen molar-refractivity contribution in [1.29, 1.82) is 0 Å². The van der Waals surface area contributed by atoms with Gasteiger partial charge in [-0.3, -0.25) is 14.3 Å². The molecule has 4 N–H and O–H groups in total. The number of thiazole rings is 1. The fourth-order valence-corrected chi connectivity index (χ4v) is 7.19. The molecule has 0 aliphatic rings. The van der Waals surface area contributed by atoms with Crippen molar-refractivity contribution in [3.63, 3.8) is 0 Å². The molecule has 0 saturated carbocycles. The quantitative estimate of drug-likeness (QED) is 0.0754. The maximum Gasteiger partial charge on any atom is 0.337 e. The lowest BCUT2D eigenvalue weighted by molar-refractivity contribution is -0.114. The lowest BCUT2D eigenvalue weighted by atomic mass is 10.1. The summed E-state index contributed by atoms with van der Waals surface area (Å²) in [7, 11) is -4.25. The minimum Gasteiger partial charge on any atom is -0.478 e. The Morgan fingerprint density at radius 3 is 2.09 bits per heavy atom. The van der Waals surface area contributed by atoms with Gasteiger partial charge in [0.25, 0.3) is 15.9 Å². The third-order valence-electron chi connectivity index (χ3n) is 7.01. The van der Waals surface area contributed by atoms with Crippen LogP contribution in [0.25, 0.3) is 0 Å². The van der Waals surface area contributed by atoms with E-state index in [4.69, 9.17) is 0 Å². The van der Waals surface area contributed by atoms with Crippen molar-refractivity contribution in [2.45, 2.75) is 115 Å². The number of aromatic nitrogens is 1. The predicted molar refractivity (Wildman–Crippen MR) is 177 cm³/mol. The topological polar surface area (TPSA) is 155 Å². The van der Waals surface area contributed by atoms with Gasteiger partial charge in [-0.25, -0.2) is 18.2 Å². The number of aromatic carboxylic acids is 1. The average Bonchev–Trinajstić information content (AvgIpc) is 3.34. The molecule has 12 heteroatoms. The molecule has 0 radical (unpaired) electrons. The lowest BCUT2D eigenvalue weighted by Crippen LogP contribution is -2.25. The normalized spacial score (nSPS) is 11.5. The van der Waals surface area contributed by atoms with Crippen LogP contribution in [0.4, 0.5) is 10.8 Å². The predicted octanol–water partition coefficient (Wildman–Crippen LogP) is 7.68. The molecule has 244 valence electrons. The molecule has 1 aromatic carbocycles. The van der Waals surface area contributed by atoms with E-state index in [9.17, 15) is 27.9 Å². The molecule has 0 bridgehead atoms. The van der Waals surface area contributed by atoms with Gasteiger partial charge in [0, 0.05) is 19.0 Å². The third-order valence-corrected chi connectivity index (χ3v) is 10.1. The number of carboxylic acids is 1. The molecule has 0 unspecified atom stereocenters. The largest absolute Gasteiger partial charge is 0.478 e. The molecule has 2 rings (SSSR count). The van der Waals surface area contributed by atoms with E-state index < -0.39 is 27.8 Å². The Balaban J connectivity index is 1.75. The molecule has 1 heterocycles. The Bertz CT molecular complexity index is 1350. The van der Waals surface area contributed by atoms with Crippen LogP contribution < -0.4 is 15.4 Å². The molecule has 2 aromatic rings. The van der Waals surface area contributed by atoms with E-state index >= 15 is 0 Å². The minimum absolute atomic E-state index is 0.105. The molecule has 1 aromatic heterocycles. The number of anilines is 2. The van der Waals surface area contributed by atoms with E-state index in [2.05, 4.69) is 39.4 Å². The van der Waals surface area contributed by atoms with Gasteiger partial charge in [0.05, 0.1) is 16.9 Å². The van der Waals surface area contributed by atoms with Crippen LogP contribution in [0, 0.1) is 6.92 Å². The molecular formula is C32H48N4O6S2. The van der Waals surface area contributed by atoms with Gasteiger partial charge in [0.2, 0.25) is 5.91 Å². The number of benzene rings is 1. The molecule has 44 heavy (non-hydrogen) atoms. The second kappa shape index (κ2) is 19.9. The number of rotatable bonds is 22. The highest BCUT2D eigenvalue weighted by atomic mass is 32.2. The Morgan fingerprint density at radius 1 is 0.909 bits per heavy atom. The Hall–Kier alpha value is -3.25.